The topological polar surface area (TPSA) is 149 Å². The predicted octanol–water partition coefficient (Wildman–Crippen LogP) is -0.252. The first-order valence-corrected chi connectivity index (χ1v) is 8.49. The van der Waals surface area contributed by atoms with Crippen LogP contribution in [0, 0.1) is 0 Å². The summed E-state index contributed by atoms with van der Waals surface area (Å²) in [5.74, 6) is -1.13. The second kappa shape index (κ2) is 11.5. The molecule has 0 saturated carbocycles. The summed E-state index contributed by atoms with van der Waals surface area (Å²) in [6, 6.07) is 0. The lowest BCUT2D eigenvalue weighted by Crippen LogP contribution is -2.29. The molecule has 0 radical (unpaired) electrons. The minimum atomic E-state index is -4.52. The molecule has 0 saturated heterocycles. The molecule has 136 valence electrons. The second-order valence-electron chi connectivity index (χ2n) is 4.40. The van der Waals surface area contributed by atoms with E-state index >= 15 is 0 Å². The summed E-state index contributed by atoms with van der Waals surface area (Å²) >= 11 is 0. The SMILES string of the molecule is CCC(=O)OC[C@@H](COP(=O)(O)OC[C@H](O)CO)OC(=O)CC. The molecule has 0 spiro atoms. The highest BCUT2D eigenvalue weighted by Crippen LogP contribution is 2.43. The van der Waals surface area contributed by atoms with Gasteiger partial charge in [-0.2, -0.15) is 0 Å². The Labute approximate surface area is 133 Å². The maximum atomic E-state index is 11.6. The van der Waals surface area contributed by atoms with Gasteiger partial charge in [-0.1, -0.05) is 13.8 Å². The number of aliphatic hydroxyl groups excluding tert-OH is 2. The standard InChI is InChI=1S/C12H23O10P/c1-3-11(15)19-7-10(22-12(16)4-2)8-21-23(17,18)20-6-9(14)5-13/h9-10,13-14H,3-8H2,1-2H3,(H,17,18)/t9-,10+/m1/s1. The van der Waals surface area contributed by atoms with E-state index in [4.69, 9.17) is 19.7 Å². The van der Waals surface area contributed by atoms with Gasteiger partial charge < -0.3 is 24.6 Å². The Morgan fingerprint density at radius 2 is 1.61 bits per heavy atom. The van der Waals surface area contributed by atoms with Gasteiger partial charge in [0.25, 0.3) is 0 Å². The number of esters is 2. The Balaban J connectivity index is 4.46. The fourth-order valence-electron chi connectivity index (χ4n) is 1.12. The van der Waals surface area contributed by atoms with Crippen molar-refractivity contribution in [3.8, 4) is 0 Å². The third-order valence-corrected chi connectivity index (χ3v) is 3.32. The van der Waals surface area contributed by atoms with Crippen molar-refractivity contribution in [2.75, 3.05) is 26.4 Å². The summed E-state index contributed by atoms with van der Waals surface area (Å²) in [6.07, 6.45) is -2.23. The third-order valence-electron chi connectivity index (χ3n) is 2.37. The van der Waals surface area contributed by atoms with E-state index in [-0.39, 0.29) is 19.4 Å². The van der Waals surface area contributed by atoms with E-state index in [2.05, 4.69) is 9.05 Å². The molecular weight excluding hydrogens is 335 g/mol. The van der Waals surface area contributed by atoms with Crippen molar-refractivity contribution in [1.29, 1.82) is 0 Å². The van der Waals surface area contributed by atoms with Crippen molar-refractivity contribution < 1.29 is 47.8 Å². The minimum Gasteiger partial charge on any atom is -0.462 e. The number of phosphoric acid groups is 1. The van der Waals surface area contributed by atoms with Crippen LogP contribution in [0.3, 0.4) is 0 Å². The van der Waals surface area contributed by atoms with Gasteiger partial charge >= 0.3 is 19.8 Å². The van der Waals surface area contributed by atoms with Crippen LogP contribution in [0.25, 0.3) is 0 Å². The fourth-order valence-corrected chi connectivity index (χ4v) is 1.91. The Kier molecular flexibility index (Phi) is 11.0. The quantitative estimate of drug-likeness (QED) is 0.315. The van der Waals surface area contributed by atoms with Gasteiger partial charge in [0.05, 0.1) is 19.8 Å². The van der Waals surface area contributed by atoms with Crippen LogP contribution in [0.4, 0.5) is 0 Å². The first kappa shape index (κ1) is 22.0. The molecule has 0 aromatic heterocycles. The molecular formula is C12H23O10P. The Bertz CT molecular complexity index is 413. The fraction of sp³-hybridized carbons (Fsp3) is 0.833. The van der Waals surface area contributed by atoms with Crippen LogP contribution in [0.15, 0.2) is 0 Å². The van der Waals surface area contributed by atoms with Crippen LogP contribution in [0.2, 0.25) is 0 Å². The lowest BCUT2D eigenvalue weighted by atomic mass is 10.4. The second-order valence-corrected chi connectivity index (χ2v) is 5.85. The number of carbonyl (C=O) groups excluding carboxylic acids is 2. The summed E-state index contributed by atoms with van der Waals surface area (Å²) in [5.41, 5.74) is 0. The lowest BCUT2D eigenvalue weighted by Gasteiger charge is -2.19. The van der Waals surface area contributed by atoms with Gasteiger partial charge in [-0.05, 0) is 0 Å². The normalized spacial score (nSPS) is 16.2. The molecule has 10 nitrogen and oxygen atoms in total. The molecule has 3 N–H and O–H groups in total. The van der Waals surface area contributed by atoms with E-state index in [0.717, 1.165) is 0 Å². The van der Waals surface area contributed by atoms with Crippen molar-refractivity contribution in [3.05, 3.63) is 0 Å². The van der Waals surface area contributed by atoms with E-state index in [1.54, 1.807) is 13.8 Å². The summed E-state index contributed by atoms with van der Waals surface area (Å²) in [7, 11) is -4.52. The first-order chi connectivity index (χ1) is 10.7. The summed E-state index contributed by atoms with van der Waals surface area (Å²) in [6.45, 7) is 0.977. The first-order valence-electron chi connectivity index (χ1n) is 6.99. The van der Waals surface area contributed by atoms with Gasteiger partial charge in [0.15, 0.2) is 6.10 Å². The van der Waals surface area contributed by atoms with Crippen molar-refractivity contribution in [2.24, 2.45) is 0 Å². The zero-order chi connectivity index (χ0) is 17.9. The van der Waals surface area contributed by atoms with Gasteiger partial charge in [0.1, 0.15) is 12.7 Å². The third kappa shape index (κ3) is 11.2. The van der Waals surface area contributed by atoms with Crippen molar-refractivity contribution >= 4 is 19.8 Å². The Morgan fingerprint density at radius 3 is 2.13 bits per heavy atom. The van der Waals surface area contributed by atoms with Gasteiger partial charge in [0, 0.05) is 12.8 Å². The van der Waals surface area contributed by atoms with E-state index in [0.29, 0.717) is 0 Å². The molecule has 0 bridgehead atoms. The average molecular weight is 358 g/mol. The van der Waals surface area contributed by atoms with Crippen LogP contribution in [-0.4, -0.2) is 65.7 Å². The van der Waals surface area contributed by atoms with E-state index in [9.17, 15) is 19.0 Å². The maximum absolute atomic E-state index is 11.6. The molecule has 0 aliphatic carbocycles. The molecule has 0 heterocycles. The zero-order valence-corrected chi connectivity index (χ0v) is 13.9. The summed E-state index contributed by atoms with van der Waals surface area (Å²) in [4.78, 5) is 31.8. The van der Waals surface area contributed by atoms with E-state index < -0.39 is 51.8 Å². The highest BCUT2D eigenvalue weighted by molar-refractivity contribution is 7.47. The van der Waals surface area contributed by atoms with E-state index in [1.165, 1.54) is 0 Å². The Hall–Kier alpha value is -1.03. The van der Waals surface area contributed by atoms with Crippen molar-refractivity contribution in [3.63, 3.8) is 0 Å². The number of rotatable bonds is 12. The summed E-state index contributed by atoms with van der Waals surface area (Å²) < 4.78 is 30.3. The molecule has 0 rings (SSSR count). The van der Waals surface area contributed by atoms with Gasteiger partial charge in [0.2, 0.25) is 0 Å². The number of carbonyl (C=O) groups is 2. The molecule has 0 amide bonds. The van der Waals surface area contributed by atoms with Gasteiger partial charge in [-0.15, -0.1) is 0 Å². The molecule has 11 heteroatoms. The molecule has 0 fully saturated rings. The smallest absolute Gasteiger partial charge is 0.462 e. The minimum absolute atomic E-state index is 0.0637. The molecule has 23 heavy (non-hydrogen) atoms. The molecule has 0 aliphatic heterocycles. The average Bonchev–Trinajstić information content (AvgIpc) is 2.54. The van der Waals surface area contributed by atoms with Crippen molar-refractivity contribution in [1.82, 2.24) is 0 Å². The van der Waals surface area contributed by atoms with Crippen LogP contribution in [0.5, 0.6) is 0 Å². The molecule has 3 atom stereocenters. The van der Waals surface area contributed by atoms with Gasteiger partial charge in [-0.3, -0.25) is 18.6 Å². The van der Waals surface area contributed by atoms with E-state index in [1.807, 2.05) is 0 Å². The number of aliphatic hydroxyl groups is 2. The highest BCUT2D eigenvalue weighted by Gasteiger charge is 2.26. The van der Waals surface area contributed by atoms with Crippen LogP contribution in [0.1, 0.15) is 26.7 Å². The summed E-state index contributed by atoms with van der Waals surface area (Å²) in [5, 5.41) is 17.6. The largest absolute Gasteiger partial charge is 0.472 e. The zero-order valence-electron chi connectivity index (χ0n) is 13.0. The van der Waals surface area contributed by atoms with Crippen LogP contribution >= 0.6 is 7.82 Å². The van der Waals surface area contributed by atoms with Crippen LogP contribution in [-0.2, 0) is 32.7 Å². The number of hydrogen-bond acceptors (Lipinski definition) is 9. The monoisotopic (exact) mass is 358 g/mol. The predicted molar refractivity (Wildman–Crippen MR) is 76.2 cm³/mol. The molecule has 0 aromatic rings. The number of hydrogen-bond donors (Lipinski definition) is 3. The number of ether oxygens (including phenoxy) is 2. The van der Waals surface area contributed by atoms with Gasteiger partial charge in [-0.25, -0.2) is 4.57 Å². The lowest BCUT2D eigenvalue weighted by molar-refractivity contribution is -0.160. The van der Waals surface area contributed by atoms with Crippen LogP contribution < -0.4 is 0 Å². The van der Waals surface area contributed by atoms with Crippen molar-refractivity contribution in [2.45, 2.75) is 38.9 Å². The highest BCUT2D eigenvalue weighted by atomic mass is 31.2. The molecule has 0 aromatic carbocycles. The molecule has 1 unspecified atom stereocenters. The maximum Gasteiger partial charge on any atom is 0.472 e. The molecule has 0 aliphatic rings. The number of phosphoric ester groups is 1. The Morgan fingerprint density at radius 1 is 1.04 bits per heavy atom.